The average molecular weight is 260 g/mol. The Kier molecular flexibility index (Phi) is 4.90. The van der Waals surface area contributed by atoms with Crippen molar-refractivity contribution in [2.75, 3.05) is 13.6 Å². The van der Waals surface area contributed by atoms with E-state index in [1.165, 1.54) is 23.1 Å². The van der Waals surface area contributed by atoms with Gasteiger partial charge in [-0.3, -0.25) is 4.79 Å². The van der Waals surface area contributed by atoms with E-state index in [-0.39, 0.29) is 10.6 Å². The Morgan fingerprint density at radius 3 is 2.82 bits per heavy atom. The van der Waals surface area contributed by atoms with E-state index >= 15 is 0 Å². The van der Waals surface area contributed by atoms with Gasteiger partial charge in [0.2, 0.25) is 0 Å². The minimum absolute atomic E-state index is 0.0504. The quantitative estimate of drug-likeness (QED) is 0.902. The third-order valence-corrected chi connectivity index (χ3v) is 2.70. The maximum Gasteiger partial charge on any atom is 0.256 e. The van der Waals surface area contributed by atoms with E-state index in [1.807, 2.05) is 0 Å². The third kappa shape index (κ3) is 3.68. The van der Waals surface area contributed by atoms with Crippen molar-refractivity contribution < 1.29 is 14.3 Å². The molecule has 94 valence electrons. The van der Waals surface area contributed by atoms with Crippen LogP contribution in [-0.2, 0) is 0 Å². The minimum atomic E-state index is -0.705. The van der Waals surface area contributed by atoms with Gasteiger partial charge in [0.15, 0.2) is 5.82 Å². The molecule has 0 fully saturated rings. The van der Waals surface area contributed by atoms with Crippen LogP contribution in [0.25, 0.3) is 0 Å². The van der Waals surface area contributed by atoms with Crippen LogP contribution in [0.5, 0.6) is 0 Å². The zero-order valence-electron chi connectivity index (χ0n) is 9.78. The first-order valence-electron chi connectivity index (χ1n) is 5.31. The van der Waals surface area contributed by atoms with Crippen molar-refractivity contribution in [3.63, 3.8) is 0 Å². The summed E-state index contributed by atoms with van der Waals surface area (Å²) < 4.78 is 13.6. The Balaban J connectivity index is 2.78. The van der Waals surface area contributed by atoms with Crippen LogP contribution in [-0.4, -0.2) is 35.6 Å². The lowest BCUT2D eigenvalue weighted by Gasteiger charge is -2.18. The average Bonchev–Trinajstić information content (AvgIpc) is 2.28. The highest BCUT2D eigenvalue weighted by molar-refractivity contribution is 6.31. The molecular formula is C12H15ClFNO2. The number of amides is 1. The van der Waals surface area contributed by atoms with Crippen LogP contribution in [0.3, 0.4) is 0 Å². The van der Waals surface area contributed by atoms with Gasteiger partial charge in [-0.1, -0.05) is 17.7 Å². The molecule has 1 aromatic carbocycles. The van der Waals surface area contributed by atoms with Crippen molar-refractivity contribution in [3.05, 3.63) is 34.6 Å². The molecule has 5 heteroatoms. The number of benzene rings is 1. The largest absolute Gasteiger partial charge is 0.393 e. The minimum Gasteiger partial charge on any atom is -0.393 e. The molecule has 0 aromatic heterocycles. The normalized spacial score (nSPS) is 12.3. The molecule has 1 atom stereocenters. The first-order chi connectivity index (χ1) is 7.93. The summed E-state index contributed by atoms with van der Waals surface area (Å²) in [5, 5.41) is 9.05. The van der Waals surface area contributed by atoms with Crippen LogP contribution in [0.15, 0.2) is 18.2 Å². The Labute approximate surface area is 105 Å². The number of halogens is 2. The zero-order chi connectivity index (χ0) is 13.0. The predicted molar refractivity (Wildman–Crippen MR) is 64.7 cm³/mol. The van der Waals surface area contributed by atoms with Crippen LogP contribution >= 0.6 is 11.6 Å². The fourth-order valence-electron chi connectivity index (χ4n) is 1.36. The topological polar surface area (TPSA) is 40.5 Å². The fourth-order valence-corrected chi connectivity index (χ4v) is 1.53. The molecule has 0 radical (unpaired) electrons. The predicted octanol–water partition coefficient (Wildman–Crippen LogP) is 2.32. The zero-order valence-corrected chi connectivity index (χ0v) is 10.5. The Bertz CT molecular complexity index is 409. The van der Waals surface area contributed by atoms with E-state index in [0.29, 0.717) is 13.0 Å². The molecule has 0 aliphatic heterocycles. The highest BCUT2D eigenvalue weighted by Gasteiger charge is 2.17. The van der Waals surface area contributed by atoms with Crippen molar-refractivity contribution in [2.45, 2.75) is 19.4 Å². The molecule has 0 aliphatic carbocycles. The van der Waals surface area contributed by atoms with E-state index < -0.39 is 17.8 Å². The summed E-state index contributed by atoms with van der Waals surface area (Å²) in [5.74, 6) is -1.14. The van der Waals surface area contributed by atoms with Gasteiger partial charge in [-0.2, -0.15) is 0 Å². The van der Waals surface area contributed by atoms with E-state index in [9.17, 15) is 9.18 Å². The summed E-state index contributed by atoms with van der Waals surface area (Å²) in [6, 6.07) is 4.31. The third-order valence-electron chi connectivity index (χ3n) is 2.41. The lowest BCUT2D eigenvalue weighted by atomic mass is 10.1. The lowest BCUT2D eigenvalue weighted by molar-refractivity contribution is 0.0764. The van der Waals surface area contributed by atoms with Gasteiger partial charge in [0, 0.05) is 13.6 Å². The second-order valence-electron chi connectivity index (χ2n) is 3.97. The Morgan fingerprint density at radius 2 is 2.24 bits per heavy atom. The molecule has 1 unspecified atom stereocenters. The summed E-state index contributed by atoms with van der Waals surface area (Å²) in [4.78, 5) is 13.2. The van der Waals surface area contributed by atoms with Crippen LogP contribution in [0, 0.1) is 5.82 Å². The lowest BCUT2D eigenvalue weighted by Crippen LogP contribution is -2.30. The summed E-state index contributed by atoms with van der Waals surface area (Å²) in [6.07, 6.45) is -0.0424. The number of aliphatic hydroxyl groups is 1. The fraction of sp³-hybridized carbons (Fsp3) is 0.417. The molecule has 0 saturated heterocycles. The van der Waals surface area contributed by atoms with Crippen molar-refractivity contribution in [3.8, 4) is 0 Å². The molecule has 1 rings (SSSR count). The van der Waals surface area contributed by atoms with Crippen LogP contribution < -0.4 is 0 Å². The van der Waals surface area contributed by atoms with Gasteiger partial charge in [-0.05, 0) is 25.5 Å². The van der Waals surface area contributed by atoms with Gasteiger partial charge in [0.25, 0.3) is 5.91 Å². The number of nitrogens with zero attached hydrogens (tertiary/aromatic N) is 1. The summed E-state index contributed by atoms with van der Waals surface area (Å²) in [5.41, 5.74) is -0.0504. The summed E-state index contributed by atoms with van der Waals surface area (Å²) in [7, 11) is 1.56. The van der Waals surface area contributed by atoms with Gasteiger partial charge in [0.1, 0.15) is 0 Å². The van der Waals surface area contributed by atoms with Gasteiger partial charge in [-0.25, -0.2) is 4.39 Å². The number of hydrogen-bond acceptors (Lipinski definition) is 2. The molecule has 1 amide bonds. The summed E-state index contributed by atoms with van der Waals surface area (Å²) in [6.45, 7) is 2.00. The van der Waals surface area contributed by atoms with E-state index in [0.717, 1.165) is 0 Å². The molecule has 17 heavy (non-hydrogen) atoms. The van der Waals surface area contributed by atoms with E-state index in [2.05, 4.69) is 0 Å². The van der Waals surface area contributed by atoms with Crippen LogP contribution in [0.4, 0.5) is 4.39 Å². The highest BCUT2D eigenvalue weighted by Crippen LogP contribution is 2.19. The van der Waals surface area contributed by atoms with Gasteiger partial charge in [0.05, 0.1) is 16.7 Å². The van der Waals surface area contributed by atoms with Crippen molar-refractivity contribution in [2.24, 2.45) is 0 Å². The van der Waals surface area contributed by atoms with Gasteiger partial charge >= 0.3 is 0 Å². The second kappa shape index (κ2) is 5.98. The van der Waals surface area contributed by atoms with Crippen molar-refractivity contribution in [1.29, 1.82) is 0 Å². The summed E-state index contributed by atoms with van der Waals surface area (Å²) >= 11 is 5.60. The molecule has 0 saturated carbocycles. The number of aliphatic hydroxyl groups excluding tert-OH is 1. The van der Waals surface area contributed by atoms with Gasteiger partial charge in [-0.15, -0.1) is 0 Å². The second-order valence-corrected chi connectivity index (χ2v) is 4.37. The Hall–Kier alpha value is -1.13. The molecule has 0 heterocycles. The molecule has 1 N–H and O–H groups in total. The number of rotatable bonds is 4. The maximum absolute atomic E-state index is 13.6. The van der Waals surface area contributed by atoms with Crippen LogP contribution in [0.2, 0.25) is 5.02 Å². The molecule has 0 spiro atoms. The highest BCUT2D eigenvalue weighted by atomic mass is 35.5. The molecule has 0 aliphatic rings. The molecule has 3 nitrogen and oxygen atoms in total. The Morgan fingerprint density at radius 1 is 1.59 bits per heavy atom. The van der Waals surface area contributed by atoms with Crippen LogP contribution in [0.1, 0.15) is 23.7 Å². The number of carbonyl (C=O) groups is 1. The standard InChI is InChI=1S/C12H15ClFNO2/c1-8(16)6-7-15(2)12(17)9-4-3-5-10(13)11(9)14/h3-5,8,16H,6-7H2,1-2H3. The monoisotopic (exact) mass is 259 g/mol. The van der Waals surface area contributed by atoms with E-state index in [1.54, 1.807) is 14.0 Å². The molecular weight excluding hydrogens is 245 g/mol. The van der Waals surface area contributed by atoms with E-state index in [4.69, 9.17) is 16.7 Å². The molecule has 0 bridgehead atoms. The van der Waals surface area contributed by atoms with Gasteiger partial charge < -0.3 is 10.0 Å². The van der Waals surface area contributed by atoms with Crippen molar-refractivity contribution in [1.82, 2.24) is 4.90 Å². The first-order valence-corrected chi connectivity index (χ1v) is 5.68. The first kappa shape index (κ1) is 13.9. The maximum atomic E-state index is 13.6. The number of hydrogen-bond donors (Lipinski definition) is 1. The smallest absolute Gasteiger partial charge is 0.256 e. The number of carbonyl (C=O) groups excluding carboxylic acids is 1. The van der Waals surface area contributed by atoms with Crippen molar-refractivity contribution >= 4 is 17.5 Å². The SMILES string of the molecule is CC(O)CCN(C)C(=O)c1cccc(Cl)c1F. The molecule has 1 aromatic rings.